The number of anilines is 2. The summed E-state index contributed by atoms with van der Waals surface area (Å²) in [6.45, 7) is 5.22. The minimum Gasteiger partial charge on any atom is -0.459 e. The van der Waals surface area contributed by atoms with Gasteiger partial charge in [0.15, 0.2) is 11.4 Å². The standard InChI is InChI=1S/C23H25N7O2/c1-16-6-3-4-7-17(16)14-24-20-18-15-25-28(2)21(18)27-23(26-20)30-11-9-29(10-12-30)22(31)19-8-5-13-32-19/h3-8,13,15H,9-12,14H2,1-2H3,(H,24,26,27). The molecule has 1 aliphatic rings. The number of carbonyl (C=O) groups is 1. The smallest absolute Gasteiger partial charge is 0.289 e. The Morgan fingerprint density at radius 3 is 2.66 bits per heavy atom. The molecule has 0 radical (unpaired) electrons. The van der Waals surface area contributed by atoms with Gasteiger partial charge in [-0.05, 0) is 30.2 Å². The maximum Gasteiger partial charge on any atom is 0.289 e. The van der Waals surface area contributed by atoms with Crippen LogP contribution in [0.2, 0.25) is 0 Å². The molecule has 1 aliphatic heterocycles. The quantitative estimate of drug-likeness (QED) is 0.519. The Morgan fingerprint density at radius 1 is 1.09 bits per heavy atom. The second-order valence-corrected chi connectivity index (χ2v) is 7.91. The van der Waals surface area contributed by atoms with Crippen LogP contribution in [0.4, 0.5) is 11.8 Å². The number of rotatable bonds is 5. The Morgan fingerprint density at radius 2 is 1.91 bits per heavy atom. The van der Waals surface area contributed by atoms with Crippen molar-refractivity contribution < 1.29 is 9.21 Å². The molecule has 9 heteroatoms. The first-order valence-electron chi connectivity index (χ1n) is 10.7. The minimum atomic E-state index is -0.0850. The molecule has 0 atom stereocenters. The number of fused-ring (bicyclic) bond motifs is 1. The number of amides is 1. The number of hydrogen-bond acceptors (Lipinski definition) is 7. The summed E-state index contributed by atoms with van der Waals surface area (Å²) >= 11 is 0. The fourth-order valence-electron chi connectivity index (χ4n) is 3.94. The highest BCUT2D eigenvalue weighted by Crippen LogP contribution is 2.25. The van der Waals surface area contributed by atoms with E-state index in [1.54, 1.807) is 27.9 Å². The largest absolute Gasteiger partial charge is 0.459 e. The molecule has 5 rings (SSSR count). The summed E-state index contributed by atoms with van der Waals surface area (Å²) in [5.41, 5.74) is 3.22. The van der Waals surface area contributed by atoms with Crippen LogP contribution >= 0.6 is 0 Å². The second kappa shape index (κ2) is 8.33. The molecule has 0 aliphatic carbocycles. The number of nitrogens with one attached hydrogen (secondary N) is 1. The molecule has 0 unspecified atom stereocenters. The van der Waals surface area contributed by atoms with Crippen molar-refractivity contribution in [2.75, 3.05) is 36.4 Å². The highest BCUT2D eigenvalue weighted by atomic mass is 16.3. The number of furan rings is 1. The molecule has 1 fully saturated rings. The van der Waals surface area contributed by atoms with Gasteiger partial charge in [0.05, 0.1) is 17.8 Å². The molecular weight excluding hydrogens is 406 g/mol. The molecule has 3 aromatic heterocycles. The van der Waals surface area contributed by atoms with Crippen LogP contribution in [0.5, 0.6) is 0 Å². The number of hydrogen-bond donors (Lipinski definition) is 1. The Bertz CT molecular complexity index is 1240. The van der Waals surface area contributed by atoms with Crippen molar-refractivity contribution in [3.63, 3.8) is 0 Å². The van der Waals surface area contributed by atoms with Crippen molar-refractivity contribution >= 4 is 28.7 Å². The fraction of sp³-hybridized carbons (Fsp3) is 0.304. The zero-order chi connectivity index (χ0) is 22.1. The summed E-state index contributed by atoms with van der Waals surface area (Å²) in [6.07, 6.45) is 3.31. The van der Waals surface area contributed by atoms with Crippen LogP contribution in [-0.2, 0) is 13.6 Å². The zero-order valence-electron chi connectivity index (χ0n) is 18.2. The lowest BCUT2D eigenvalue weighted by atomic mass is 10.1. The van der Waals surface area contributed by atoms with Crippen molar-refractivity contribution in [2.24, 2.45) is 7.05 Å². The SMILES string of the molecule is Cc1ccccc1CNc1nc(N2CCN(C(=O)c3ccco3)CC2)nc2c1cnn2C. The normalized spacial score (nSPS) is 14.2. The number of aromatic nitrogens is 4. The van der Waals surface area contributed by atoms with Gasteiger partial charge in [-0.25, -0.2) is 0 Å². The van der Waals surface area contributed by atoms with Gasteiger partial charge < -0.3 is 19.5 Å². The number of carbonyl (C=O) groups excluding carboxylic acids is 1. The predicted molar refractivity (Wildman–Crippen MR) is 122 cm³/mol. The third-order valence-electron chi connectivity index (χ3n) is 5.87. The first-order chi connectivity index (χ1) is 15.6. The maximum atomic E-state index is 12.6. The maximum absolute atomic E-state index is 12.6. The molecule has 1 aromatic carbocycles. The highest BCUT2D eigenvalue weighted by Gasteiger charge is 2.26. The molecule has 164 valence electrons. The third kappa shape index (κ3) is 3.77. The monoisotopic (exact) mass is 431 g/mol. The zero-order valence-corrected chi connectivity index (χ0v) is 18.2. The summed E-state index contributed by atoms with van der Waals surface area (Å²) in [4.78, 5) is 26.1. The molecule has 1 amide bonds. The van der Waals surface area contributed by atoms with Crippen molar-refractivity contribution in [2.45, 2.75) is 13.5 Å². The minimum absolute atomic E-state index is 0.0850. The molecule has 32 heavy (non-hydrogen) atoms. The molecule has 1 N–H and O–H groups in total. The van der Waals surface area contributed by atoms with Crippen LogP contribution in [0, 0.1) is 6.92 Å². The fourth-order valence-corrected chi connectivity index (χ4v) is 3.94. The van der Waals surface area contributed by atoms with Gasteiger partial charge in [0.2, 0.25) is 5.95 Å². The number of benzene rings is 1. The Kier molecular flexibility index (Phi) is 5.22. The van der Waals surface area contributed by atoms with Gasteiger partial charge in [-0.1, -0.05) is 24.3 Å². The summed E-state index contributed by atoms with van der Waals surface area (Å²) in [6, 6.07) is 11.7. The number of nitrogens with zero attached hydrogens (tertiary/aromatic N) is 6. The van der Waals surface area contributed by atoms with Gasteiger partial charge in [0.1, 0.15) is 5.82 Å². The van der Waals surface area contributed by atoms with Crippen LogP contribution in [0.1, 0.15) is 21.7 Å². The number of piperazine rings is 1. The van der Waals surface area contributed by atoms with Crippen molar-refractivity contribution in [3.8, 4) is 0 Å². The average Bonchev–Trinajstić information content (AvgIpc) is 3.49. The van der Waals surface area contributed by atoms with Crippen molar-refractivity contribution in [1.29, 1.82) is 0 Å². The van der Waals surface area contributed by atoms with E-state index in [0.717, 1.165) is 16.9 Å². The van der Waals surface area contributed by atoms with Gasteiger partial charge >= 0.3 is 0 Å². The van der Waals surface area contributed by atoms with E-state index < -0.39 is 0 Å². The summed E-state index contributed by atoms with van der Waals surface area (Å²) in [5.74, 6) is 1.68. The van der Waals surface area contributed by atoms with E-state index >= 15 is 0 Å². The van der Waals surface area contributed by atoms with Gasteiger partial charge in [-0.15, -0.1) is 0 Å². The highest BCUT2D eigenvalue weighted by molar-refractivity contribution is 5.91. The molecule has 0 saturated carbocycles. The van der Waals surface area contributed by atoms with E-state index in [4.69, 9.17) is 14.4 Å². The first kappa shape index (κ1) is 20.0. The van der Waals surface area contributed by atoms with Crippen molar-refractivity contribution in [1.82, 2.24) is 24.6 Å². The average molecular weight is 432 g/mol. The Hall–Kier alpha value is -3.88. The molecule has 1 saturated heterocycles. The molecule has 4 aromatic rings. The van der Waals surface area contributed by atoms with Gasteiger partial charge in [-0.2, -0.15) is 15.1 Å². The van der Waals surface area contributed by atoms with Crippen LogP contribution in [0.3, 0.4) is 0 Å². The molecule has 4 heterocycles. The Balaban J connectivity index is 1.36. The summed E-state index contributed by atoms with van der Waals surface area (Å²) in [7, 11) is 1.88. The van der Waals surface area contributed by atoms with E-state index in [1.165, 1.54) is 17.4 Å². The van der Waals surface area contributed by atoms with Gasteiger partial charge in [0, 0.05) is 39.8 Å². The predicted octanol–water partition coefficient (Wildman–Crippen LogP) is 2.84. The van der Waals surface area contributed by atoms with Crippen molar-refractivity contribution in [3.05, 3.63) is 65.7 Å². The van der Waals surface area contributed by atoms with Gasteiger partial charge in [0.25, 0.3) is 5.91 Å². The molecule has 0 spiro atoms. The lowest BCUT2D eigenvalue weighted by Crippen LogP contribution is -2.49. The van der Waals surface area contributed by atoms with Gasteiger partial charge in [-0.3, -0.25) is 9.48 Å². The van der Waals surface area contributed by atoms with Crippen LogP contribution in [-0.4, -0.2) is 56.7 Å². The van der Waals surface area contributed by atoms with E-state index in [0.29, 0.717) is 44.4 Å². The summed E-state index contributed by atoms with van der Waals surface area (Å²) < 4.78 is 7.01. The third-order valence-corrected chi connectivity index (χ3v) is 5.87. The number of aryl methyl sites for hydroxylation is 2. The van der Waals surface area contributed by atoms with Crippen LogP contribution < -0.4 is 10.2 Å². The molecule has 9 nitrogen and oxygen atoms in total. The summed E-state index contributed by atoms with van der Waals surface area (Å²) in [5, 5.41) is 8.73. The Labute approximate surface area is 185 Å². The van der Waals surface area contributed by atoms with Crippen LogP contribution in [0.25, 0.3) is 11.0 Å². The first-order valence-corrected chi connectivity index (χ1v) is 10.7. The second-order valence-electron chi connectivity index (χ2n) is 7.91. The van der Waals surface area contributed by atoms with E-state index in [2.05, 4.69) is 34.4 Å². The molecule has 0 bridgehead atoms. The lowest BCUT2D eigenvalue weighted by molar-refractivity contribution is 0.0714. The topological polar surface area (TPSA) is 92.3 Å². The molecular formula is C23H25N7O2. The van der Waals surface area contributed by atoms with E-state index in [-0.39, 0.29) is 5.91 Å². The lowest BCUT2D eigenvalue weighted by Gasteiger charge is -2.34. The van der Waals surface area contributed by atoms with E-state index in [9.17, 15) is 4.79 Å². The van der Waals surface area contributed by atoms with Crippen LogP contribution in [0.15, 0.2) is 53.3 Å². The van der Waals surface area contributed by atoms with E-state index in [1.807, 2.05) is 19.2 Å².